The van der Waals surface area contributed by atoms with Crippen molar-refractivity contribution >= 4 is 22.6 Å². The van der Waals surface area contributed by atoms with Crippen molar-refractivity contribution in [2.45, 2.75) is 57.6 Å². The fourth-order valence-electron chi connectivity index (χ4n) is 5.15. The highest BCUT2D eigenvalue weighted by atomic mass is 19.4. The molecule has 37 heavy (non-hydrogen) atoms. The van der Waals surface area contributed by atoms with Gasteiger partial charge in [-0.3, -0.25) is 9.69 Å². The number of aliphatic hydroxyl groups excluding tert-OH is 1. The van der Waals surface area contributed by atoms with Gasteiger partial charge in [-0.1, -0.05) is 12.1 Å². The lowest BCUT2D eigenvalue weighted by Crippen LogP contribution is -2.46. The molecule has 2 aromatic heterocycles. The van der Waals surface area contributed by atoms with Crippen LogP contribution in [-0.4, -0.2) is 62.1 Å². The summed E-state index contributed by atoms with van der Waals surface area (Å²) in [7, 11) is 0. The van der Waals surface area contributed by atoms with Crippen LogP contribution in [0.25, 0.3) is 11.0 Å². The predicted molar refractivity (Wildman–Crippen MR) is 129 cm³/mol. The molecule has 3 heterocycles. The Morgan fingerprint density at radius 2 is 1.89 bits per heavy atom. The molecule has 0 radical (unpaired) electrons. The maximum Gasteiger partial charge on any atom is 0.416 e. The van der Waals surface area contributed by atoms with E-state index in [0.29, 0.717) is 56.2 Å². The Labute approximate surface area is 211 Å². The van der Waals surface area contributed by atoms with Gasteiger partial charge >= 0.3 is 6.18 Å². The first-order valence-electron chi connectivity index (χ1n) is 12.4. The molecule has 1 aliphatic carbocycles. The number of benzene rings is 1. The number of β-amino-alcohol motifs (C(OH)–C–C–N with tert-alkyl or cyclic N) is 1. The number of piperidine rings is 1. The summed E-state index contributed by atoms with van der Waals surface area (Å²) in [4.78, 5) is 24.0. The summed E-state index contributed by atoms with van der Waals surface area (Å²) < 4.78 is 55.9. The molecule has 3 aromatic rings. The maximum atomic E-state index is 15.3. The molecule has 0 amide bonds. The number of aromatic nitrogens is 3. The minimum Gasteiger partial charge on any atom is -0.391 e. The zero-order valence-electron chi connectivity index (χ0n) is 20.5. The van der Waals surface area contributed by atoms with Gasteiger partial charge in [-0.15, -0.1) is 0 Å². The lowest BCUT2D eigenvalue weighted by Gasteiger charge is -2.35. The molecule has 1 saturated carbocycles. The van der Waals surface area contributed by atoms with E-state index in [2.05, 4.69) is 9.97 Å². The molecule has 2 unspecified atom stereocenters. The molecule has 0 bridgehead atoms. The van der Waals surface area contributed by atoms with Crippen LogP contribution in [0.5, 0.6) is 0 Å². The number of aliphatic hydroxyl groups is 1. The van der Waals surface area contributed by atoms with E-state index in [-0.39, 0.29) is 23.1 Å². The smallest absolute Gasteiger partial charge is 0.391 e. The Morgan fingerprint density at radius 3 is 2.51 bits per heavy atom. The molecule has 1 aliphatic heterocycles. The molecular formula is C26H29F4N5O2. The number of Topliss-reactive ketones (excluding diaryl/α,β-unsaturated/α-hetero) is 1. The second-order valence-electron chi connectivity index (χ2n) is 10.1. The van der Waals surface area contributed by atoms with E-state index >= 15 is 4.39 Å². The zero-order chi connectivity index (χ0) is 26.3. The molecule has 11 heteroatoms. The molecule has 2 aliphatic rings. The van der Waals surface area contributed by atoms with E-state index in [9.17, 15) is 23.1 Å². The average molecular weight is 520 g/mol. The van der Waals surface area contributed by atoms with Crippen molar-refractivity contribution in [2.24, 2.45) is 5.92 Å². The number of rotatable bonds is 8. The number of hydrogen-bond acceptors (Lipinski definition) is 6. The number of alkyl halides is 3. The number of anilines is 1. The highest BCUT2D eigenvalue weighted by Crippen LogP contribution is 2.37. The Bertz CT molecular complexity index is 1270. The van der Waals surface area contributed by atoms with Gasteiger partial charge in [0, 0.05) is 37.8 Å². The molecule has 198 valence electrons. The lowest BCUT2D eigenvalue weighted by atomic mass is 9.93. The summed E-state index contributed by atoms with van der Waals surface area (Å²) >= 11 is 0. The molecule has 1 aromatic carbocycles. The first kappa shape index (κ1) is 25.6. The van der Waals surface area contributed by atoms with Crippen molar-refractivity contribution in [3.63, 3.8) is 0 Å². The fourth-order valence-corrected chi connectivity index (χ4v) is 5.15. The third-order valence-corrected chi connectivity index (χ3v) is 7.16. The molecule has 2 fully saturated rings. The van der Waals surface area contributed by atoms with Gasteiger partial charge in [-0.05, 0) is 50.4 Å². The maximum absolute atomic E-state index is 15.3. The summed E-state index contributed by atoms with van der Waals surface area (Å²) in [5.74, 6) is -0.138. The second-order valence-corrected chi connectivity index (χ2v) is 10.1. The normalized spacial score (nSPS) is 20.9. The number of nitrogens with zero attached hydrogens (tertiary/aromatic N) is 5. The van der Waals surface area contributed by atoms with E-state index < -0.39 is 23.7 Å². The van der Waals surface area contributed by atoms with Crippen molar-refractivity contribution in [3.8, 4) is 0 Å². The number of carbonyl (C=O) groups is 1. The van der Waals surface area contributed by atoms with E-state index in [0.717, 1.165) is 25.0 Å². The fraction of sp³-hybridized carbons (Fsp3) is 0.500. The predicted octanol–water partition coefficient (Wildman–Crippen LogP) is 4.03. The van der Waals surface area contributed by atoms with Gasteiger partial charge in [0.1, 0.15) is 23.6 Å². The first-order chi connectivity index (χ1) is 17.6. The van der Waals surface area contributed by atoms with E-state index in [1.807, 2.05) is 9.80 Å². The zero-order valence-corrected chi connectivity index (χ0v) is 20.5. The van der Waals surface area contributed by atoms with Gasteiger partial charge in [0.25, 0.3) is 0 Å². The van der Waals surface area contributed by atoms with Crippen LogP contribution in [0.3, 0.4) is 0 Å². The van der Waals surface area contributed by atoms with E-state index in [4.69, 9.17) is 0 Å². The van der Waals surface area contributed by atoms with Gasteiger partial charge in [-0.2, -0.15) is 13.2 Å². The van der Waals surface area contributed by atoms with Crippen LogP contribution >= 0.6 is 0 Å². The summed E-state index contributed by atoms with van der Waals surface area (Å²) in [6.45, 7) is 3.55. The van der Waals surface area contributed by atoms with Crippen molar-refractivity contribution in [1.29, 1.82) is 0 Å². The van der Waals surface area contributed by atoms with Crippen molar-refractivity contribution in [3.05, 3.63) is 53.7 Å². The Morgan fingerprint density at radius 1 is 1.16 bits per heavy atom. The number of fused-ring (bicyclic) bond motifs is 1. The third kappa shape index (κ3) is 5.62. The highest BCUT2D eigenvalue weighted by Gasteiger charge is 2.34. The van der Waals surface area contributed by atoms with Crippen LogP contribution < -0.4 is 4.90 Å². The summed E-state index contributed by atoms with van der Waals surface area (Å²) in [5, 5.41) is 10.9. The van der Waals surface area contributed by atoms with E-state index in [1.165, 1.54) is 31.6 Å². The Kier molecular flexibility index (Phi) is 6.93. The largest absolute Gasteiger partial charge is 0.416 e. The highest BCUT2D eigenvalue weighted by molar-refractivity contribution is 5.89. The van der Waals surface area contributed by atoms with Gasteiger partial charge in [0.05, 0.1) is 23.6 Å². The Balaban J connectivity index is 1.38. The Hall–Kier alpha value is -3.05. The van der Waals surface area contributed by atoms with Crippen LogP contribution in [0.4, 0.5) is 23.4 Å². The van der Waals surface area contributed by atoms with Crippen LogP contribution in [0.15, 0.2) is 36.8 Å². The van der Waals surface area contributed by atoms with Crippen LogP contribution in [0.1, 0.15) is 37.3 Å². The van der Waals surface area contributed by atoms with Crippen LogP contribution in [0, 0.1) is 11.7 Å². The van der Waals surface area contributed by atoms with Crippen LogP contribution in [0.2, 0.25) is 0 Å². The standard InChI is InChI=1S/C26H29F4N5O2/c1-16(36)10-33-9-8-18(22(37)14-33)12-34-13-21(27)23-24(34)31-15-32-25(23)35(20-6-7-20)11-17-2-4-19(5-3-17)26(28,29)30/h2-5,13,15,18,20,22,37H,6-12,14H2,1H3. The molecule has 1 saturated heterocycles. The molecule has 0 spiro atoms. The summed E-state index contributed by atoms with van der Waals surface area (Å²) in [6, 6.07) is 5.12. The van der Waals surface area contributed by atoms with Crippen LogP contribution in [-0.2, 0) is 24.1 Å². The molecule has 7 nitrogen and oxygen atoms in total. The average Bonchev–Trinajstić information content (AvgIpc) is 3.63. The summed E-state index contributed by atoms with van der Waals surface area (Å²) in [5.41, 5.74) is 0.377. The molecule has 5 rings (SSSR count). The van der Waals surface area contributed by atoms with Crippen molar-refractivity contribution in [2.75, 3.05) is 24.5 Å². The SMILES string of the molecule is CC(=O)CN1CCC(Cn2cc(F)c3c(N(Cc4ccc(C(F)(F)F)cc4)C4CC4)ncnc32)C(O)C1. The number of halogens is 4. The molecule has 2 atom stereocenters. The minimum atomic E-state index is -4.41. The quantitative estimate of drug-likeness (QED) is 0.453. The lowest BCUT2D eigenvalue weighted by molar-refractivity contribution is -0.137. The van der Waals surface area contributed by atoms with E-state index in [1.54, 1.807) is 4.57 Å². The minimum absolute atomic E-state index is 0.0462. The topological polar surface area (TPSA) is 74.5 Å². The number of likely N-dealkylation sites (tertiary alicyclic amines) is 1. The number of carbonyl (C=O) groups excluding carboxylic acids is 1. The van der Waals surface area contributed by atoms with Gasteiger partial charge in [-0.25, -0.2) is 14.4 Å². The number of hydrogen-bond donors (Lipinski definition) is 1. The van der Waals surface area contributed by atoms with Gasteiger partial charge < -0.3 is 14.6 Å². The second kappa shape index (κ2) is 10.0. The van der Waals surface area contributed by atoms with Gasteiger partial charge in [0.2, 0.25) is 0 Å². The first-order valence-corrected chi connectivity index (χ1v) is 12.4. The summed E-state index contributed by atoms with van der Waals surface area (Å²) in [6.07, 6.45) is 0.131. The molecule has 1 N–H and O–H groups in total. The van der Waals surface area contributed by atoms with Crippen molar-refractivity contribution in [1.82, 2.24) is 19.4 Å². The van der Waals surface area contributed by atoms with Crippen molar-refractivity contribution < 1.29 is 27.5 Å². The van der Waals surface area contributed by atoms with Gasteiger partial charge in [0.15, 0.2) is 5.82 Å². The molecular weight excluding hydrogens is 490 g/mol. The third-order valence-electron chi connectivity index (χ3n) is 7.16. The number of ketones is 1. The monoisotopic (exact) mass is 519 g/mol.